The summed E-state index contributed by atoms with van der Waals surface area (Å²) in [6.07, 6.45) is 3.42. The molecule has 7 heteroatoms. The van der Waals surface area contributed by atoms with E-state index in [1.807, 2.05) is 18.2 Å². The lowest BCUT2D eigenvalue weighted by Gasteiger charge is -2.23. The number of aromatic nitrogens is 1. The largest absolute Gasteiger partial charge is 0.376 e. The number of nitrogens with zero attached hydrogens (tertiary/aromatic N) is 2. The van der Waals surface area contributed by atoms with E-state index in [1.165, 1.54) is 11.1 Å². The molecule has 0 aliphatic carbocycles. The van der Waals surface area contributed by atoms with Gasteiger partial charge in [-0.25, -0.2) is 4.98 Å². The molecular weight excluding hydrogens is 354 g/mol. The average Bonchev–Trinajstić information content (AvgIpc) is 3.19. The summed E-state index contributed by atoms with van der Waals surface area (Å²) in [5.41, 5.74) is 1.00. The van der Waals surface area contributed by atoms with Crippen LogP contribution in [0.4, 0.5) is 5.69 Å². The van der Waals surface area contributed by atoms with Crippen molar-refractivity contribution in [2.75, 3.05) is 24.6 Å². The number of anilines is 1. The maximum absolute atomic E-state index is 12.9. The van der Waals surface area contributed by atoms with Crippen molar-refractivity contribution in [3.05, 3.63) is 59.4 Å². The first-order chi connectivity index (χ1) is 12.6. The Morgan fingerprint density at radius 1 is 1.23 bits per heavy atom. The summed E-state index contributed by atoms with van der Waals surface area (Å²) in [5, 5.41) is 3.15. The van der Waals surface area contributed by atoms with E-state index in [-0.39, 0.29) is 24.5 Å². The molecular formula is C19H20ClN3O3. The van der Waals surface area contributed by atoms with Gasteiger partial charge in [0, 0.05) is 25.0 Å². The van der Waals surface area contributed by atoms with Gasteiger partial charge in [0.25, 0.3) is 5.91 Å². The second-order valence-corrected chi connectivity index (χ2v) is 6.42. The zero-order valence-corrected chi connectivity index (χ0v) is 15.0. The molecule has 1 aromatic heterocycles. The molecule has 26 heavy (non-hydrogen) atoms. The molecule has 1 saturated heterocycles. The van der Waals surface area contributed by atoms with Crippen molar-refractivity contribution < 1.29 is 14.3 Å². The lowest BCUT2D eigenvalue weighted by atomic mass is 10.2. The van der Waals surface area contributed by atoms with Crippen LogP contribution in [0.25, 0.3) is 0 Å². The number of amides is 2. The Hall–Kier alpha value is -2.44. The fraction of sp³-hybridized carbons (Fsp3) is 0.316. The predicted molar refractivity (Wildman–Crippen MR) is 99.3 cm³/mol. The van der Waals surface area contributed by atoms with Crippen molar-refractivity contribution >= 4 is 29.1 Å². The van der Waals surface area contributed by atoms with Crippen LogP contribution in [0.5, 0.6) is 0 Å². The van der Waals surface area contributed by atoms with Crippen molar-refractivity contribution in [3.63, 3.8) is 0 Å². The summed E-state index contributed by atoms with van der Waals surface area (Å²) < 4.78 is 5.50. The number of hydrogen-bond donors (Lipinski definition) is 1. The number of pyridine rings is 1. The van der Waals surface area contributed by atoms with Gasteiger partial charge < -0.3 is 10.1 Å². The van der Waals surface area contributed by atoms with Crippen LogP contribution in [-0.4, -0.2) is 42.6 Å². The van der Waals surface area contributed by atoms with E-state index in [2.05, 4.69) is 10.3 Å². The molecule has 0 saturated carbocycles. The molecule has 2 amide bonds. The molecule has 0 bridgehead atoms. The van der Waals surface area contributed by atoms with Gasteiger partial charge in [-0.3, -0.25) is 14.5 Å². The molecule has 1 fully saturated rings. The molecule has 0 spiro atoms. The van der Waals surface area contributed by atoms with E-state index in [1.54, 1.807) is 24.3 Å². The average molecular weight is 374 g/mol. The van der Waals surface area contributed by atoms with Gasteiger partial charge in [0.1, 0.15) is 11.7 Å². The zero-order valence-electron chi connectivity index (χ0n) is 14.2. The molecule has 1 atom stereocenters. The summed E-state index contributed by atoms with van der Waals surface area (Å²) in [5.74, 6) is -0.549. The van der Waals surface area contributed by atoms with Gasteiger partial charge in [-0.1, -0.05) is 29.8 Å². The van der Waals surface area contributed by atoms with Crippen molar-refractivity contribution in [1.29, 1.82) is 0 Å². The number of hydrogen-bond acceptors (Lipinski definition) is 4. The van der Waals surface area contributed by atoms with E-state index in [0.29, 0.717) is 22.9 Å². The van der Waals surface area contributed by atoms with Gasteiger partial charge >= 0.3 is 0 Å². The molecule has 6 nitrogen and oxygen atoms in total. The molecule has 0 radical (unpaired) electrons. The lowest BCUT2D eigenvalue weighted by Crippen LogP contribution is -2.43. The molecule has 2 heterocycles. The molecule has 3 rings (SSSR count). The number of carbonyl (C=O) groups is 2. The number of para-hydroxylation sites is 1. The summed E-state index contributed by atoms with van der Waals surface area (Å²) in [4.78, 5) is 30.6. The Kier molecular flexibility index (Phi) is 6.20. The van der Waals surface area contributed by atoms with E-state index in [0.717, 1.165) is 19.4 Å². The minimum atomic E-state index is -0.312. The highest BCUT2D eigenvalue weighted by Crippen LogP contribution is 2.17. The number of nitrogens with one attached hydrogen (secondary N) is 1. The smallest absolute Gasteiger partial charge is 0.260 e. The second-order valence-electron chi connectivity index (χ2n) is 6.04. The van der Waals surface area contributed by atoms with Crippen molar-refractivity contribution in [3.8, 4) is 0 Å². The van der Waals surface area contributed by atoms with Crippen LogP contribution in [0.2, 0.25) is 5.15 Å². The second kappa shape index (κ2) is 8.78. The predicted octanol–water partition coefficient (Wildman–Crippen LogP) is 2.68. The molecule has 136 valence electrons. The van der Waals surface area contributed by atoms with Crippen LogP contribution in [0, 0.1) is 0 Å². The summed E-state index contributed by atoms with van der Waals surface area (Å²) in [6.45, 7) is 1.11. The van der Waals surface area contributed by atoms with Gasteiger partial charge in [0.05, 0.1) is 11.7 Å². The van der Waals surface area contributed by atoms with Crippen molar-refractivity contribution in [2.24, 2.45) is 0 Å². The van der Waals surface area contributed by atoms with E-state index in [9.17, 15) is 9.59 Å². The standard InChI is InChI=1S/C19H20ClN3O3/c20-17-9-8-14(11-21-17)19(25)23(15-5-2-1-3-6-15)13-18(24)22-12-16-7-4-10-26-16/h1-3,5-6,8-9,11,16H,4,7,10,12-13H2,(H,22,24)/t16-/m0/s1. The highest BCUT2D eigenvalue weighted by Gasteiger charge is 2.22. The van der Waals surface area contributed by atoms with Gasteiger partial charge in [-0.2, -0.15) is 0 Å². The van der Waals surface area contributed by atoms with E-state index < -0.39 is 0 Å². The Balaban J connectivity index is 1.71. The number of benzene rings is 1. The topological polar surface area (TPSA) is 71.5 Å². The third-order valence-corrected chi connectivity index (χ3v) is 4.36. The summed E-state index contributed by atoms with van der Waals surface area (Å²) >= 11 is 5.79. The number of ether oxygens (including phenoxy) is 1. The first kappa shape index (κ1) is 18.4. The fourth-order valence-corrected chi connectivity index (χ4v) is 2.89. The van der Waals surface area contributed by atoms with Gasteiger partial charge in [0.2, 0.25) is 5.91 Å². The highest BCUT2D eigenvalue weighted by molar-refractivity contribution is 6.29. The van der Waals surface area contributed by atoms with Gasteiger partial charge in [-0.05, 0) is 37.1 Å². The van der Waals surface area contributed by atoms with Crippen LogP contribution in [0.1, 0.15) is 23.2 Å². The Morgan fingerprint density at radius 3 is 2.69 bits per heavy atom. The van der Waals surface area contributed by atoms with Gasteiger partial charge in [0.15, 0.2) is 0 Å². The van der Waals surface area contributed by atoms with Crippen LogP contribution in [-0.2, 0) is 9.53 Å². The number of rotatable bonds is 6. The van der Waals surface area contributed by atoms with Crippen molar-refractivity contribution in [2.45, 2.75) is 18.9 Å². The summed E-state index contributed by atoms with van der Waals surface area (Å²) in [7, 11) is 0. The van der Waals surface area contributed by atoms with Crippen molar-refractivity contribution in [1.82, 2.24) is 10.3 Å². The van der Waals surface area contributed by atoms with E-state index in [4.69, 9.17) is 16.3 Å². The SMILES string of the molecule is O=C(CN(C(=O)c1ccc(Cl)nc1)c1ccccc1)NC[C@@H]1CCCO1. The Bertz CT molecular complexity index is 746. The van der Waals surface area contributed by atoms with Crippen LogP contribution < -0.4 is 10.2 Å². The Labute approximate surface area is 157 Å². The molecule has 1 aliphatic heterocycles. The summed E-state index contributed by atoms with van der Waals surface area (Å²) in [6, 6.07) is 12.2. The normalized spacial score (nSPS) is 16.3. The quantitative estimate of drug-likeness (QED) is 0.790. The van der Waals surface area contributed by atoms with Crippen LogP contribution >= 0.6 is 11.6 Å². The van der Waals surface area contributed by atoms with E-state index >= 15 is 0 Å². The third kappa shape index (κ3) is 4.80. The van der Waals surface area contributed by atoms with Crippen LogP contribution in [0.15, 0.2) is 48.7 Å². The maximum atomic E-state index is 12.9. The third-order valence-electron chi connectivity index (χ3n) is 4.14. The highest BCUT2D eigenvalue weighted by atomic mass is 35.5. The first-order valence-electron chi connectivity index (χ1n) is 8.50. The minimum Gasteiger partial charge on any atom is -0.376 e. The maximum Gasteiger partial charge on any atom is 0.260 e. The minimum absolute atomic E-state index is 0.0558. The molecule has 1 aliphatic rings. The monoisotopic (exact) mass is 373 g/mol. The lowest BCUT2D eigenvalue weighted by molar-refractivity contribution is -0.120. The Morgan fingerprint density at radius 2 is 2.04 bits per heavy atom. The van der Waals surface area contributed by atoms with Gasteiger partial charge in [-0.15, -0.1) is 0 Å². The number of halogens is 1. The molecule has 2 aromatic rings. The zero-order chi connectivity index (χ0) is 18.4. The molecule has 1 N–H and O–H groups in total. The fourth-order valence-electron chi connectivity index (χ4n) is 2.78. The number of carbonyl (C=O) groups excluding carboxylic acids is 2. The molecule has 0 unspecified atom stereocenters. The molecule has 1 aromatic carbocycles. The first-order valence-corrected chi connectivity index (χ1v) is 8.88. The van der Waals surface area contributed by atoms with Crippen LogP contribution in [0.3, 0.4) is 0 Å².